The van der Waals surface area contributed by atoms with Gasteiger partial charge < -0.3 is 19.6 Å². The second kappa shape index (κ2) is 11.3. The van der Waals surface area contributed by atoms with Gasteiger partial charge in [-0.15, -0.1) is 0 Å². The summed E-state index contributed by atoms with van der Waals surface area (Å²) in [7, 11) is 3.87. The maximum absolute atomic E-state index is 13.6. The van der Waals surface area contributed by atoms with E-state index in [4.69, 9.17) is 4.74 Å². The molecule has 2 aromatic carbocycles. The summed E-state index contributed by atoms with van der Waals surface area (Å²) in [6, 6.07) is 10.1. The Bertz CT molecular complexity index is 1060. The quantitative estimate of drug-likeness (QED) is 0.237. The van der Waals surface area contributed by atoms with E-state index in [1.54, 1.807) is 30.3 Å². The van der Waals surface area contributed by atoms with Crippen molar-refractivity contribution in [3.8, 4) is 5.75 Å². The van der Waals surface area contributed by atoms with Crippen LogP contribution in [0.25, 0.3) is 5.76 Å². The standard InChI is InChI=1S/C27H33FN2O4/c1-5-6-16-34-22-13-10-20(17-18(22)2)25(31)23-24(19-8-11-21(28)12-9-19)30(27(33)26(23)32)15-7-14-29(3)4/h8-13,17,24,31H,5-7,14-16H2,1-4H3. The van der Waals surface area contributed by atoms with Gasteiger partial charge in [-0.05, 0) is 81.9 Å². The minimum absolute atomic E-state index is 0.0144. The van der Waals surface area contributed by atoms with Gasteiger partial charge in [0.1, 0.15) is 17.3 Å². The van der Waals surface area contributed by atoms with E-state index in [0.717, 1.165) is 24.9 Å². The predicted molar refractivity (Wildman–Crippen MR) is 130 cm³/mol. The fourth-order valence-corrected chi connectivity index (χ4v) is 4.10. The van der Waals surface area contributed by atoms with Crippen molar-refractivity contribution >= 4 is 17.4 Å². The van der Waals surface area contributed by atoms with Crippen LogP contribution in [-0.4, -0.2) is 60.4 Å². The average Bonchev–Trinajstić information content (AvgIpc) is 3.05. The minimum atomic E-state index is -0.788. The fraction of sp³-hybridized carbons (Fsp3) is 0.407. The van der Waals surface area contributed by atoms with Crippen LogP contribution in [0.3, 0.4) is 0 Å². The molecule has 0 aromatic heterocycles. The molecule has 1 aliphatic rings. The lowest BCUT2D eigenvalue weighted by molar-refractivity contribution is -0.139. The van der Waals surface area contributed by atoms with Gasteiger partial charge in [0.2, 0.25) is 0 Å². The Morgan fingerprint density at radius 2 is 1.82 bits per heavy atom. The zero-order valence-electron chi connectivity index (χ0n) is 20.3. The number of ketones is 1. The Morgan fingerprint density at radius 1 is 1.12 bits per heavy atom. The highest BCUT2D eigenvalue weighted by atomic mass is 19.1. The van der Waals surface area contributed by atoms with Gasteiger partial charge in [0.05, 0.1) is 18.2 Å². The van der Waals surface area contributed by atoms with Crippen LogP contribution in [0.1, 0.15) is 48.9 Å². The molecule has 34 heavy (non-hydrogen) atoms. The number of rotatable bonds is 10. The van der Waals surface area contributed by atoms with Crippen LogP contribution in [-0.2, 0) is 9.59 Å². The van der Waals surface area contributed by atoms with Crippen LogP contribution in [0.4, 0.5) is 4.39 Å². The van der Waals surface area contributed by atoms with E-state index < -0.39 is 23.5 Å². The molecular weight excluding hydrogens is 435 g/mol. The maximum Gasteiger partial charge on any atom is 0.295 e. The maximum atomic E-state index is 13.6. The molecule has 1 N–H and O–H groups in total. The number of aliphatic hydroxyl groups excluding tert-OH is 1. The number of unbranched alkanes of at least 4 members (excludes halogenated alkanes) is 1. The van der Waals surface area contributed by atoms with Crippen molar-refractivity contribution < 1.29 is 23.8 Å². The molecule has 1 saturated heterocycles. The van der Waals surface area contributed by atoms with Gasteiger partial charge >= 0.3 is 0 Å². The number of hydrogen-bond acceptors (Lipinski definition) is 5. The molecule has 3 rings (SSSR count). The van der Waals surface area contributed by atoms with Crippen molar-refractivity contribution in [2.75, 3.05) is 33.8 Å². The van der Waals surface area contributed by atoms with Crippen molar-refractivity contribution in [2.24, 2.45) is 0 Å². The molecule has 1 atom stereocenters. The van der Waals surface area contributed by atoms with E-state index in [2.05, 4.69) is 6.92 Å². The highest BCUT2D eigenvalue weighted by Gasteiger charge is 2.45. The van der Waals surface area contributed by atoms with Crippen LogP contribution < -0.4 is 4.74 Å². The summed E-state index contributed by atoms with van der Waals surface area (Å²) in [6.45, 7) is 5.63. The van der Waals surface area contributed by atoms with E-state index in [1.165, 1.54) is 17.0 Å². The van der Waals surface area contributed by atoms with Crippen molar-refractivity contribution in [1.29, 1.82) is 0 Å². The molecular formula is C27H33FN2O4. The second-order valence-corrected chi connectivity index (χ2v) is 8.88. The first kappa shape index (κ1) is 25.4. The van der Waals surface area contributed by atoms with E-state index in [0.29, 0.717) is 36.4 Å². The minimum Gasteiger partial charge on any atom is -0.507 e. The van der Waals surface area contributed by atoms with E-state index in [-0.39, 0.29) is 11.3 Å². The third-order valence-corrected chi connectivity index (χ3v) is 5.93. The van der Waals surface area contributed by atoms with Gasteiger partial charge in [0, 0.05) is 12.1 Å². The Kier molecular flexibility index (Phi) is 8.45. The molecule has 1 unspecified atom stereocenters. The Labute approximate surface area is 200 Å². The lowest BCUT2D eigenvalue weighted by atomic mass is 9.94. The molecule has 0 spiro atoms. The molecule has 0 aliphatic carbocycles. The molecule has 1 fully saturated rings. The summed E-state index contributed by atoms with van der Waals surface area (Å²) in [6.07, 6.45) is 2.62. The van der Waals surface area contributed by atoms with Gasteiger partial charge in [0.15, 0.2) is 0 Å². The van der Waals surface area contributed by atoms with Crippen LogP contribution in [0.5, 0.6) is 5.75 Å². The van der Waals surface area contributed by atoms with Crippen molar-refractivity contribution in [1.82, 2.24) is 9.80 Å². The topological polar surface area (TPSA) is 70.1 Å². The zero-order valence-corrected chi connectivity index (χ0v) is 20.3. The molecule has 1 amide bonds. The van der Waals surface area contributed by atoms with Gasteiger partial charge in [-0.2, -0.15) is 0 Å². The summed E-state index contributed by atoms with van der Waals surface area (Å²) in [4.78, 5) is 29.5. The smallest absolute Gasteiger partial charge is 0.295 e. The van der Waals surface area contributed by atoms with Gasteiger partial charge in [0.25, 0.3) is 11.7 Å². The summed E-state index contributed by atoms with van der Waals surface area (Å²) >= 11 is 0. The van der Waals surface area contributed by atoms with E-state index in [9.17, 15) is 19.1 Å². The van der Waals surface area contributed by atoms with E-state index in [1.807, 2.05) is 25.9 Å². The molecule has 2 aromatic rings. The molecule has 182 valence electrons. The first-order valence-corrected chi connectivity index (χ1v) is 11.7. The first-order chi connectivity index (χ1) is 16.2. The van der Waals surface area contributed by atoms with Crippen LogP contribution >= 0.6 is 0 Å². The average molecular weight is 469 g/mol. The number of ether oxygens (including phenoxy) is 1. The molecule has 6 nitrogen and oxygen atoms in total. The third kappa shape index (κ3) is 5.65. The third-order valence-electron chi connectivity index (χ3n) is 5.93. The number of carbonyl (C=O) groups is 2. The summed E-state index contributed by atoms with van der Waals surface area (Å²) in [5.41, 5.74) is 1.83. The SMILES string of the molecule is CCCCOc1ccc(C(O)=C2C(=O)C(=O)N(CCCN(C)C)C2c2ccc(F)cc2)cc1C. The zero-order chi connectivity index (χ0) is 24.8. The number of carbonyl (C=O) groups excluding carboxylic acids is 2. The largest absolute Gasteiger partial charge is 0.507 e. The lowest BCUT2D eigenvalue weighted by Crippen LogP contribution is -2.32. The molecule has 0 saturated carbocycles. The second-order valence-electron chi connectivity index (χ2n) is 8.88. The first-order valence-electron chi connectivity index (χ1n) is 11.7. The lowest BCUT2D eigenvalue weighted by Gasteiger charge is -2.26. The summed E-state index contributed by atoms with van der Waals surface area (Å²) in [5, 5.41) is 11.2. The number of halogens is 1. The van der Waals surface area contributed by atoms with Crippen LogP contribution in [0, 0.1) is 12.7 Å². The number of nitrogens with zero attached hydrogens (tertiary/aromatic N) is 2. The number of benzene rings is 2. The van der Waals surface area contributed by atoms with Crippen molar-refractivity contribution in [3.05, 3.63) is 70.5 Å². The van der Waals surface area contributed by atoms with Gasteiger partial charge in [-0.3, -0.25) is 9.59 Å². The Morgan fingerprint density at radius 3 is 2.44 bits per heavy atom. The summed E-state index contributed by atoms with van der Waals surface area (Å²) < 4.78 is 19.4. The molecule has 1 aliphatic heterocycles. The van der Waals surface area contributed by atoms with Crippen LogP contribution in [0.2, 0.25) is 0 Å². The highest BCUT2D eigenvalue weighted by Crippen LogP contribution is 2.40. The van der Waals surface area contributed by atoms with Gasteiger partial charge in [-0.1, -0.05) is 25.5 Å². The monoisotopic (exact) mass is 468 g/mol. The number of Topliss-reactive ketones (excluding diaryl/α,β-unsaturated/α-hetero) is 1. The Hall–Kier alpha value is -3.19. The van der Waals surface area contributed by atoms with Gasteiger partial charge in [-0.25, -0.2) is 4.39 Å². The predicted octanol–water partition coefficient (Wildman–Crippen LogP) is 4.69. The number of aliphatic hydroxyl groups is 1. The molecule has 0 radical (unpaired) electrons. The molecule has 7 heteroatoms. The molecule has 0 bridgehead atoms. The summed E-state index contributed by atoms with van der Waals surface area (Å²) in [5.74, 6) is -1.35. The Balaban J connectivity index is 2.02. The van der Waals surface area contributed by atoms with E-state index >= 15 is 0 Å². The highest BCUT2D eigenvalue weighted by molar-refractivity contribution is 6.46. The van der Waals surface area contributed by atoms with Crippen molar-refractivity contribution in [3.63, 3.8) is 0 Å². The fourth-order valence-electron chi connectivity index (χ4n) is 4.10. The molecule has 1 heterocycles. The normalized spacial score (nSPS) is 17.6. The van der Waals surface area contributed by atoms with Crippen LogP contribution in [0.15, 0.2) is 48.0 Å². The number of likely N-dealkylation sites (tertiary alicyclic amines) is 1. The van der Waals surface area contributed by atoms with Crippen molar-refractivity contribution in [2.45, 2.75) is 39.2 Å². The number of aryl methyl sites for hydroxylation is 1. The number of amides is 1. The number of hydrogen-bond donors (Lipinski definition) is 1.